The molecule has 1 amide bonds. The van der Waals surface area contributed by atoms with Crippen molar-refractivity contribution in [3.8, 4) is 22.6 Å². The molecule has 1 N–H and O–H groups in total. The monoisotopic (exact) mass is 450 g/mol. The van der Waals surface area contributed by atoms with Gasteiger partial charge in [-0.3, -0.25) is 0 Å². The number of nitrogens with one attached hydrogen (secondary N) is 1. The normalized spacial score (nSPS) is 11.8. The molecule has 0 saturated carbocycles. The van der Waals surface area contributed by atoms with E-state index in [1.807, 2.05) is 55.6 Å². The van der Waals surface area contributed by atoms with Crippen LogP contribution in [0.15, 0.2) is 54.0 Å². The molecule has 0 aliphatic rings. The number of rotatable bonds is 7. The molecule has 10 heteroatoms. The number of thiazole rings is 1. The van der Waals surface area contributed by atoms with Crippen molar-refractivity contribution in [1.29, 1.82) is 0 Å². The zero-order chi connectivity index (χ0) is 22.5. The van der Waals surface area contributed by atoms with Crippen LogP contribution in [0.1, 0.15) is 29.4 Å². The largest absolute Gasteiger partial charge is 0.413 e. The van der Waals surface area contributed by atoms with Crippen LogP contribution >= 0.6 is 11.3 Å². The van der Waals surface area contributed by atoms with E-state index in [0.29, 0.717) is 17.3 Å². The lowest BCUT2D eigenvalue weighted by Crippen LogP contribution is -2.29. The molecular weight excluding hydrogens is 428 g/mol. The van der Waals surface area contributed by atoms with E-state index in [1.165, 1.54) is 11.3 Å². The number of hydrogen-bond donors (Lipinski definition) is 1. The fourth-order valence-electron chi connectivity index (χ4n) is 3.13. The quantitative estimate of drug-likeness (QED) is 0.452. The minimum atomic E-state index is -0.575. The van der Waals surface area contributed by atoms with Crippen LogP contribution in [0.25, 0.3) is 16.8 Å². The zero-order valence-electron chi connectivity index (χ0n) is 17.8. The van der Waals surface area contributed by atoms with Crippen LogP contribution in [-0.4, -0.2) is 38.4 Å². The molecule has 4 aromatic rings. The van der Waals surface area contributed by atoms with Gasteiger partial charge in [-0.15, -0.1) is 16.4 Å². The Kier molecular flexibility index (Phi) is 6.52. The highest BCUT2D eigenvalue weighted by molar-refractivity contribution is 7.09. The molecule has 1 unspecified atom stereocenters. The number of aryl methyl sites for hydroxylation is 1. The van der Waals surface area contributed by atoms with Crippen molar-refractivity contribution in [3.05, 3.63) is 70.4 Å². The first-order valence-corrected chi connectivity index (χ1v) is 10.8. The van der Waals surface area contributed by atoms with E-state index in [0.717, 1.165) is 21.7 Å². The lowest BCUT2D eigenvalue weighted by Gasteiger charge is -2.14. The summed E-state index contributed by atoms with van der Waals surface area (Å²) in [6, 6.07) is 13.3. The van der Waals surface area contributed by atoms with Gasteiger partial charge >= 0.3 is 6.09 Å². The minimum absolute atomic E-state index is 0.240. The third-order valence-corrected chi connectivity index (χ3v) is 5.65. The Labute approximate surface area is 189 Å². The van der Waals surface area contributed by atoms with Gasteiger partial charge < -0.3 is 14.8 Å². The topological polar surface area (TPSA) is 104 Å². The Bertz CT molecular complexity index is 1190. The van der Waals surface area contributed by atoms with E-state index in [9.17, 15) is 4.79 Å². The molecule has 1 atom stereocenters. The highest BCUT2D eigenvalue weighted by Crippen LogP contribution is 2.29. The van der Waals surface area contributed by atoms with Crippen LogP contribution in [-0.2, 0) is 11.3 Å². The van der Waals surface area contributed by atoms with Gasteiger partial charge in [-0.1, -0.05) is 29.8 Å². The second-order valence-electron chi connectivity index (χ2n) is 7.15. The lowest BCUT2D eigenvalue weighted by molar-refractivity contribution is 0.175. The minimum Gasteiger partial charge on any atom is -0.410 e. The highest BCUT2D eigenvalue weighted by Gasteiger charge is 2.16. The Morgan fingerprint density at radius 3 is 2.72 bits per heavy atom. The van der Waals surface area contributed by atoms with Gasteiger partial charge in [0.25, 0.3) is 0 Å². The predicted molar refractivity (Wildman–Crippen MR) is 120 cm³/mol. The lowest BCUT2D eigenvalue weighted by atomic mass is 10.0. The Balaban J connectivity index is 1.66. The van der Waals surface area contributed by atoms with Crippen molar-refractivity contribution in [1.82, 2.24) is 30.5 Å². The molecule has 0 aliphatic heterocycles. The number of benzene rings is 2. The molecule has 9 nitrogen and oxygen atoms in total. The smallest absolute Gasteiger partial charge is 0.410 e. The zero-order valence-corrected chi connectivity index (χ0v) is 18.7. The van der Waals surface area contributed by atoms with Crippen molar-refractivity contribution in [3.63, 3.8) is 0 Å². The van der Waals surface area contributed by atoms with E-state index in [4.69, 9.17) is 9.47 Å². The van der Waals surface area contributed by atoms with Crippen LogP contribution in [0.4, 0.5) is 4.79 Å². The number of hydrogen-bond acceptors (Lipinski definition) is 8. The molecule has 0 fully saturated rings. The van der Waals surface area contributed by atoms with Gasteiger partial charge in [0.2, 0.25) is 0 Å². The van der Waals surface area contributed by atoms with Crippen molar-refractivity contribution < 1.29 is 14.3 Å². The Hall–Kier alpha value is -3.63. The number of tetrazole rings is 1. The van der Waals surface area contributed by atoms with Gasteiger partial charge in [-0.05, 0) is 47.5 Å². The van der Waals surface area contributed by atoms with Crippen molar-refractivity contribution in [2.45, 2.75) is 26.5 Å². The Morgan fingerprint density at radius 2 is 2.00 bits per heavy atom. The van der Waals surface area contributed by atoms with E-state index in [-0.39, 0.29) is 12.6 Å². The third-order valence-electron chi connectivity index (χ3n) is 4.70. The summed E-state index contributed by atoms with van der Waals surface area (Å²) in [6.45, 7) is 4.12. The first-order valence-electron chi connectivity index (χ1n) is 9.90. The van der Waals surface area contributed by atoms with Gasteiger partial charge in [0.1, 0.15) is 17.4 Å². The van der Waals surface area contributed by atoms with Gasteiger partial charge in [-0.2, -0.15) is 4.68 Å². The van der Waals surface area contributed by atoms with E-state index in [1.54, 1.807) is 24.1 Å². The highest BCUT2D eigenvalue weighted by atomic mass is 32.1. The van der Waals surface area contributed by atoms with Crippen LogP contribution in [0.3, 0.4) is 0 Å². The number of aromatic nitrogens is 5. The molecule has 0 saturated heterocycles. The second-order valence-corrected chi connectivity index (χ2v) is 8.07. The van der Waals surface area contributed by atoms with Crippen molar-refractivity contribution in [2.24, 2.45) is 0 Å². The molecule has 0 radical (unpaired) electrons. The number of amides is 1. The average Bonchev–Trinajstić information content (AvgIpc) is 3.47. The maximum Gasteiger partial charge on any atom is 0.413 e. The van der Waals surface area contributed by atoms with Crippen LogP contribution in [0.5, 0.6) is 5.75 Å². The maximum absolute atomic E-state index is 12.6. The number of carbonyl (C=O) groups excluding carboxylic acids is 1. The van der Waals surface area contributed by atoms with E-state index in [2.05, 4.69) is 25.8 Å². The van der Waals surface area contributed by atoms with Crippen LogP contribution in [0.2, 0.25) is 0 Å². The summed E-state index contributed by atoms with van der Waals surface area (Å²) in [5, 5.41) is 17.3. The molecule has 2 aromatic carbocycles. The molecule has 2 aromatic heterocycles. The molecular formula is C22H22N6O3S. The van der Waals surface area contributed by atoms with Gasteiger partial charge in [0.15, 0.2) is 5.82 Å². The summed E-state index contributed by atoms with van der Waals surface area (Å²) < 4.78 is 12.4. The van der Waals surface area contributed by atoms with Gasteiger partial charge in [-0.25, -0.2) is 9.78 Å². The first kappa shape index (κ1) is 21.6. The number of methoxy groups -OCH3 is 1. The molecule has 2 heterocycles. The van der Waals surface area contributed by atoms with Gasteiger partial charge in [0.05, 0.1) is 11.7 Å². The summed E-state index contributed by atoms with van der Waals surface area (Å²) >= 11 is 1.47. The predicted octanol–water partition coefficient (Wildman–Crippen LogP) is 4.09. The molecule has 0 spiro atoms. The molecule has 0 bridgehead atoms. The summed E-state index contributed by atoms with van der Waals surface area (Å²) in [6.07, 6.45) is 1.12. The summed E-state index contributed by atoms with van der Waals surface area (Å²) in [7, 11) is 1.57. The maximum atomic E-state index is 12.6. The van der Waals surface area contributed by atoms with Crippen LogP contribution < -0.4 is 10.1 Å². The molecule has 32 heavy (non-hydrogen) atoms. The van der Waals surface area contributed by atoms with Crippen molar-refractivity contribution >= 4 is 17.4 Å². The van der Waals surface area contributed by atoms with E-state index >= 15 is 0 Å². The fourth-order valence-corrected chi connectivity index (χ4v) is 3.77. The fraction of sp³-hybridized carbons (Fsp3) is 0.227. The van der Waals surface area contributed by atoms with Crippen LogP contribution in [0, 0.1) is 6.92 Å². The van der Waals surface area contributed by atoms with E-state index < -0.39 is 6.09 Å². The van der Waals surface area contributed by atoms with Crippen molar-refractivity contribution in [2.75, 3.05) is 7.11 Å². The number of nitrogens with zero attached hydrogens (tertiary/aromatic N) is 5. The standard InChI is InChI=1S/C22H22N6O3S/c1-14-4-6-16(7-5-14)17-10-18(28-20(13-30-3)25-26-27-28)12-19(11-17)31-22(29)24-15(2)21-23-8-9-32-21/h4-12,15H,13H2,1-3H3,(H,24,29). The number of ether oxygens (including phenoxy) is 2. The summed E-state index contributed by atoms with van der Waals surface area (Å²) in [4.78, 5) is 16.8. The average molecular weight is 451 g/mol. The SMILES string of the molecule is COCc1nnnn1-c1cc(OC(=O)NC(C)c2nccs2)cc(-c2ccc(C)cc2)c1. The molecule has 0 aliphatic carbocycles. The summed E-state index contributed by atoms with van der Waals surface area (Å²) in [5.74, 6) is 0.891. The second kappa shape index (κ2) is 9.67. The molecule has 4 rings (SSSR count). The first-order chi connectivity index (χ1) is 15.5. The van der Waals surface area contributed by atoms with Gasteiger partial charge in [0, 0.05) is 24.8 Å². The summed E-state index contributed by atoms with van der Waals surface area (Å²) in [5.41, 5.74) is 3.63. The Morgan fingerprint density at radius 1 is 1.19 bits per heavy atom. The third kappa shape index (κ3) is 4.98. The molecule has 164 valence electrons. The number of carbonyl (C=O) groups is 1.